The second-order valence-electron chi connectivity index (χ2n) is 7.01. The van der Waals surface area contributed by atoms with Gasteiger partial charge >= 0.3 is 12.2 Å². The fraction of sp³-hybridized carbons (Fsp3) is 0.867. The lowest BCUT2D eigenvalue weighted by molar-refractivity contribution is 0.177. The van der Waals surface area contributed by atoms with Crippen molar-refractivity contribution in [3.05, 3.63) is 0 Å². The molecule has 2 amide bonds. The molecule has 0 saturated carbocycles. The van der Waals surface area contributed by atoms with Crippen molar-refractivity contribution < 1.29 is 18.8 Å². The monoisotopic (exact) mass is 330 g/mol. The van der Waals surface area contributed by atoms with Gasteiger partial charge in [0.05, 0.1) is 7.11 Å². The number of azo groups is 1. The van der Waals surface area contributed by atoms with Crippen LogP contribution >= 0.6 is 0 Å². The Morgan fingerprint density at radius 1 is 0.818 bits per heavy atom. The zero-order valence-electron chi connectivity index (χ0n) is 14.9. The third kappa shape index (κ3) is 8.91. The quantitative estimate of drug-likeness (QED) is 0.471. The van der Waals surface area contributed by atoms with E-state index < -0.39 is 20.5 Å². The van der Waals surface area contributed by atoms with Crippen LogP contribution in [0.2, 0.25) is 18.1 Å². The van der Waals surface area contributed by atoms with Crippen LogP contribution in [0.5, 0.6) is 0 Å². The van der Waals surface area contributed by atoms with Gasteiger partial charge in [-0.2, -0.15) is 0 Å². The summed E-state index contributed by atoms with van der Waals surface area (Å²) >= 11 is 0. The summed E-state index contributed by atoms with van der Waals surface area (Å²) in [7, 11) is -1.10. The zero-order chi connectivity index (χ0) is 17.3. The predicted molar refractivity (Wildman–Crippen MR) is 88.4 cm³/mol. The van der Waals surface area contributed by atoms with E-state index in [-0.39, 0.29) is 0 Å². The van der Waals surface area contributed by atoms with Crippen LogP contribution in [0.3, 0.4) is 0 Å². The van der Waals surface area contributed by atoms with Crippen LogP contribution in [0.1, 0.15) is 41.5 Å². The van der Waals surface area contributed by atoms with Crippen LogP contribution in [0.25, 0.3) is 0 Å². The van der Waals surface area contributed by atoms with Crippen molar-refractivity contribution in [1.29, 1.82) is 0 Å². The highest BCUT2D eigenvalue weighted by molar-refractivity contribution is 6.75. The number of carbonyl (C=O) groups excluding carboxylic acids is 2. The maximum absolute atomic E-state index is 12.0. The minimum absolute atomic E-state index is 0.439. The summed E-state index contributed by atoms with van der Waals surface area (Å²) in [5.41, 5.74) is 0. The highest BCUT2D eigenvalue weighted by Gasteiger charge is 2.40. The molecule has 128 valence electrons. The third-order valence-corrected chi connectivity index (χ3v) is 8.32. The van der Waals surface area contributed by atoms with Crippen LogP contribution in [0.15, 0.2) is 10.2 Å². The minimum Gasteiger partial charge on any atom is -0.501 e. The van der Waals surface area contributed by atoms with Gasteiger partial charge in [-0.1, -0.05) is 51.8 Å². The molecule has 0 aromatic rings. The Hall–Kier alpha value is -1.24. The van der Waals surface area contributed by atoms with Crippen LogP contribution in [0.4, 0.5) is 9.59 Å². The van der Waals surface area contributed by atoms with Gasteiger partial charge in [-0.05, 0) is 35.9 Å². The van der Waals surface area contributed by atoms with Crippen molar-refractivity contribution >= 4 is 20.5 Å². The molecule has 0 bridgehead atoms. The Labute approximate surface area is 134 Å². The molecule has 6 nitrogen and oxygen atoms in total. The van der Waals surface area contributed by atoms with Crippen LogP contribution < -0.4 is 0 Å². The van der Waals surface area contributed by atoms with E-state index in [0.717, 1.165) is 18.1 Å². The Kier molecular flexibility index (Phi) is 9.16. The first-order valence-electron chi connectivity index (χ1n) is 7.83. The van der Waals surface area contributed by atoms with Crippen molar-refractivity contribution in [2.45, 2.75) is 59.7 Å². The van der Waals surface area contributed by atoms with Crippen molar-refractivity contribution in [2.75, 3.05) is 7.11 Å². The average molecular weight is 331 g/mol. The van der Waals surface area contributed by atoms with Gasteiger partial charge in [0, 0.05) is 0 Å². The fourth-order valence-electron chi connectivity index (χ4n) is 2.94. The number of amides is 2. The summed E-state index contributed by atoms with van der Waals surface area (Å²) in [5, 5.41) is 6.50. The summed E-state index contributed by atoms with van der Waals surface area (Å²) in [6, 6.07) is 2.68. The van der Waals surface area contributed by atoms with Gasteiger partial charge in [0.15, 0.2) is 0 Å². The van der Waals surface area contributed by atoms with Crippen molar-refractivity contribution in [3.8, 4) is 0 Å². The normalized spacial score (nSPS) is 12.5. The SMILES string of the molecule is COC(=O)/N=N/C(=O)O[Si](CC(C)C)(CC(C)C)CC(C)C. The minimum atomic E-state index is -2.29. The number of nitrogens with zero attached hydrogens (tertiary/aromatic N) is 2. The molecule has 0 unspecified atom stereocenters. The molecule has 0 radical (unpaired) electrons. The Bertz CT molecular complexity index is 368. The molecule has 0 saturated heterocycles. The van der Waals surface area contributed by atoms with E-state index in [9.17, 15) is 9.59 Å². The van der Waals surface area contributed by atoms with Gasteiger partial charge in [0.2, 0.25) is 0 Å². The Morgan fingerprint density at radius 2 is 1.18 bits per heavy atom. The summed E-state index contributed by atoms with van der Waals surface area (Å²) < 4.78 is 10.1. The molecule has 0 aliphatic rings. The molecule has 0 N–H and O–H groups in total. The number of ether oxygens (including phenoxy) is 1. The van der Waals surface area contributed by atoms with Crippen molar-refractivity contribution in [1.82, 2.24) is 0 Å². The van der Waals surface area contributed by atoms with Gasteiger partial charge < -0.3 is 9.16 Å². The number of carbonyl (C=O) groups is 2. The van der Waals surface area contributed by atoms with E-state index in [1.165, 1.54) is 7.11 Å². The topological polar surface area (TPSA) is 77.3 Å². The van der Waals surface area contributed by atoms with Gasteiger partial charge in [-0.25, -0.2) is 9.59 Å². The van der Waals surface area contributed by atoms with E-state index >= 15 is 0 Å². The molecule has 0 atom stereocenters. The number of methoxy groups -OCH3 is 1. The molecule has 22 heavy (non-hydrogen) atoms. The lowest BCUT2D eigenvalue weighted by Gasteiger charge is -2.34. The molecule has 0 rings (SSSR count). The van der Waals surface area contributed by atoms with E-state index in [1.807, 2.05) is 0 Å². The summed E-state index contributed by atoms with van der Waals surface area (Å²) in [4.78, 5) is 22.9. The first kappa shape index (κ1) is 20.8. The summed E-state index contributed by atoms with van der Waals surface area (Å²) in [6.07, 6.45) is -1.68. The predicted octanol–water partition coefficient (Wildman–Crippen LogP) is 5.26. The van der Waals surface area contributed by atoms with Crippen LogP contribution in [-0.4, -0.2) is 27.6 Å². The maximum atomic E-state index is 12.0. The Balaban J connectivity index is 5.20. The molecule has 0 fully saturated rings. The summed E-state index contributed by atoms with van der Waals surface area (Å²) in [6.45, 7) is 12.8. The third-order valence-electron chi connectivity index (χ3n) is 3.03. The standard InChI is InChI=1S/C15H30N2O4Si/c1-11(2)8-22(9-12(3)4,10-13(5)6)21-15(19)17-16-14(18)20-7/h11-13H,8-10H2,1-7H3/b17-16+. The van der Waals surface area contributed by atoms with E-state index in [4.69, 9.17) is 4.43 Å². The lowest BCUT2D eigenvalue weighted by Crippen LogP contribution is -2.43. The second kappa shape index (κ2) is 9.71. The fourth-order valence-corrected chi connectivity index (χ4v) is 8.56. The first-order valence-corrected chi connectivity index (χ1v) is 10.4. The maximum Gasteiger partial charge on any atom is 0.452 e. The molecule has 0 aromatic carbocycles. The largest absolute Gasteiger partial charge is 0.501 e. The molecule has 0 aliphatic heterocycles. The van der Waals surface area contributed by atoms with E-state index in [2.05, 4.69) is 56.5 Å². The highest BCUT2D eigenvalue weighted by Crippen LogP contribution is 2.33. The van der Waals surface area contributed by atoms with Crippen LogP contribution in [-0.2, 0) is 9.16 Å². The molecule has 7 heteroatoms. The van der Waals surface area contributed by atoms with Crippen LogP contribution in [0, 0.1) is 17.8 Å². The molecular weight excluding hydrogens is 300 g/mol. The van der Waals surface area contributed by atoms with Gasteiger partial charge in [-0.15, -0.1) is 0 Å². The molecule has 0 spiro atoms. The van der Waals surface area contributed by atoms with Gasteiger partial charge in [0.25, 0.3) is 8.32 Å². The average Bonchev–Trinajstić information content (AvgIpc) is 2.32. The number of hydrogen-bond acceptors (Lipinski definition) is 4. The zero-order valence-corrected chi connectivity index (χ0v) is 15.9. The van der Waals surface area contributed by atoms with Crippen molar-refractivity contribution in [3.63, 3.8) is 0 Å². The van der Waals surface area contributed by atoms with E-state index in [1.54, 1.807) is 0 Å². The first-order chi connectivity index (χ1) is 10.1. The molecule has 0 aromatic heterocycles. The molecule has 0 aliphatic carbocycles. The van der Waals surface area contributed by atoms with Gasteiger partial charge in [-0.3, -0.25) is 0 Å². The second-order valence-corrected chi connectivity index (χ2v) is 10.8. The highest BCUT2D eigenvalue weighted by atomic mass is 28.4. The number of rotatable bonds is 7. The summed E-state index contributed by atoms with van der Waals surface area (Å²) in [5.74, 6) is 1.32. The lowest BCUT2D eigenvalue weighted by atomic mass is 10.2. The smallest absolute Gasteiger partial charge is 0.452 e. The van der Waals surface area contributed by atoms with Gasteiger partial charge in [0.1, 0.15) is 0 Å². The number of hydrogen-bond donors (Lipinski definition) is 0. The Morgan fingerprint density at radius 3 is 1.50 bits per heavy atom. The van der Waals surface area contributed by atoms with E-state index in [0.29, 0.717) is 17.8 Å². The molecular formula is C15H30N2O4Si. The molecule has 0 heterocycles. The van der Waals surface area contributed by atoms with Crippen molar-refractivity contribution in [2.24, 2.45) is 28.0 Å².